The number of nitrogens with zero attached hydrogens (tertiary/aromatic N) is 3. The van der Waals surface area contributed by atoms with Crippen LogP contribution in [0.2, 0.25) is 0 Å². The number of hydrogen-bond donors (Lipinski definition) is 0. The predicted molar refractivity (Wildman–Crippen MR) is 149 cm³/mol. The Morgan fingerprint density at radius 2 is 1.26 bits per heavy atom. The Bertz CT molecular complexity index is 1860. The van der Waals surface area contributed by atoms with E-state index in [-0.39, 0.29) is 0 Å². The van der Waals surface area contributed by atoms with Crippen LogP contribution in [0.25, 0.3) is 55.6 Å². The highest BCUT2D eigenvalue weighted by Crippen LogP contribution is 2.36. The van der Waals surface area contributed by atoms with Crippen molar-refractivity contribution in [3.63, 3.8) is 0 Å². The second-order valence-corrected chi connectivity index (χ2v) is 9.58. The van der Waals surface area contributed by atoms with Gasteiger partial charge in [0.1, 0.15) is 5.82 Å². The van der Waals surface area contributed by atoms with E-state index >= 15 is 0 Å². The van der Waals surface area contributed by atoms with Crippen molar-refractivity contribution in [1.82, 2.24) is 14.1 Å². The van der Waals surface area contributed by atoms with Gasteiger partial charge < -0.3 is 4.57 Å². The molecule has 0 saturated heterocycles. The van der Waals surface area contributed by atoms with Crippen molar-refractivity contribution < 1.29 is 0 Å². The highest BCUT2D eigenvalue weighted by molar-refractivity contribution is 9.10. The number of halogens is 1. The maximum Gasteiger partial charge on any atom is 0.145 e. The lowest BCUT2D eigenvalue weighted by atomic mass is 10.1. The quantitative estimate of drug-likeness (QED) is 0.232. The van der Waals surface area contributed by atoms with Gasteiger partial charge in [0.25, 0.3) is 0 Å². The fraction of sp³-hybridized carbons (Fsp3) is 0. The Morgan fingerprint density at radius 3 is 2.11 bits per heavy atom. The van der Waals surface area contributed by atoms with Gasteiger partial charge in [-0.2, -0.15) is 0 Å². The molecule has 0 saturated carbocycles. The summed E-state index contributed by atoms with van der Waals surface area (Å²) in [5.74, 6) is 0.929. The molecule has 5 aromatic carbocycles. The second kappa shape index (κ2) is 7.97. The molecule has 0 radical (unpaired) electrons. The molecule has 7 rings (SSSR count). The summed E-state index contributed by atoms with van der Waals surface area (Å²) in [6.45, 7) is 0. The first-order valence-electron chi connectivity index (χ1n) is 11.6. The summed E-state index contributed by atoms with van der Waals surface area (Å²) in [6.07, 6.45) is 0. The van der Waals surface area contributed by atoms with Crippen LogP contribution in [0.5, 0.6) is 0 Å². The van der Waals surface area contributed by atoms with Gasteiger partial charge in [-0.25, -0.2) is 4.98 Å². The topological polar surface area (TPSA) is 22.8 Å². The van der Waals surface area contributed by atoms with Gasteiger partial charge in [-0.05, 0) is 60.7 Å². The number of aromatic nitrogens is 3. The van der Waals surface area contributed by atoms with Crippen LogP contribution in [0.1, 0.15) is 0 Å². The van der Waals surface area contributed by atoms with Crippen molar-refractivity contribution in [2.75, 3.05) is 0 Å². The fourth-order valence-corrected chi connectivity index (χ4v) is 5.46. The monoisotopic (exact) mass is 513 g/mol. The molecule has 35 heavy (non-hydrogen) atoms. The molecule has 0 spiro atoms. The highest BCUT2D eigenvalue weighted by Gasteiger charge is 2.17. The van der Waals surface area contributed by atoms with Gasteiger partial charge in [-0.1, -0.05) is 76.6 Å². The van der Waals surface area contributed by atoms with E-state index in [1.165, 1.54) is 21.8 Å². The fourth-order valence-electron chi connectivity index (χ4n) is 5.06. The number of imidazole rings is 1. The van der Waals surface area contributed by atoms with Gasteiger partial charge in [0.2, 0.25) is 0 Å². The van der Waals surface area contributed by atoms with Crippen LogP contribution < -0.4 is 0 Å². The smallest absolute Gasteiger partial charge is 0.145 e. The Kier molecular flexibility index (Phi) is 4.61. The van der Waals surface area contributed by atoms with Crippen LogP contribution in [0, 0.1) is 0 Å². The lowest BCUT2D eigenvalue weighted by molar-refractivity contribution is 1.10. The lowest BCUT2D eigenvalue weighted by Crippen LogP contribution is -1.98. The zero-order valence-corrected chi connectivity index (χ0v) is 20.4. The van der Waals surface area contributed by atoms with E-state index in [0.717, 1.165) is 38.3 Å². The van der Waals surface area contributed by atoms with E-state index in [0.29, 0.717) is 0 Å². The summed E-state index contributed by atoms with van der Waals surface area (Å²) in [4.78, 5) is 5.03. The molecule has 166 valence electrons. The molecule has 7 aromatic rings. The van der Waals surface area contributed by atoms with E-state index < -0.39 is 0 Å². The number of rotatable bonds is 3. The third-order valence-corrected chi connectivity index (χ3v) is 7.07. The molecule has 0 unspecified atom stereocenters. The molecule has 0 bridgehead atoms. The van der Waals surface area contributed by atoms with E-state index in [9.17, 15) is 0 Å². The number of para-hydroxylation sites is 4. The minimum absolute atomic E-state index is 0.929. The Morgan fingerprint density at radius 1 is 0.514 bits per heavy atom. The van der Waals surface area contributed by atoms with Crippen LogP contribution in [0.3, 0.4) is 0 Å². The van der Waals surface area contributed by atoms with Crippen LogP contribution in [-0.4, -0.2) is 14.1 Å². The predicted octanol–water partition coefficient (Wildman–Crippen LogP) is 8.55. The maximum atomic E-state index is 5.03. The second-order valence-electron chi connectivity index (χ2n) is 8.66. The largest absolute Gasteiger partial charge is 0.309 e. The molecule has 0 N–H and O–H groups in total. The minimum atomic E-state index is 0.929. The summed E-state index contributed by atoms with van der Waals surface area (Å²) in [7, 11) is 0. The Labute approximate surface area is 211 Å². The SMILES string of the molecule is Brc1cccc(-c2nc3ccccc3n2-c2ccc3c(c2)c2ccccc2n3-c2ccccc2)c1. The van der Waals surface area contributed by atoms with Crippen LogP contribution in [-0.2, 0) is 0 Å². The molecule has 4 heteroatoms. The van der Waals surface area contributed by atoms with Crippen molar-refractivity contribution in [3.8, 4) is 22.8 Å². The van der Waals surface area contributed by atoms with Crippen molar-refractivity contribution in [2.45, 2.75) is 0 Å². The van der Waals surface area contributed by atoms with E-state index in [1.807, 2.05) is 12.1 Å². The molecule has 2 aromatic heterocycles. The third kappa shape index (κ3) is 3.22. The van der Waals surface area contributed by atoms with Gasteiger partial charge in [0.05, 0.1) is 22.1 Å². The van der Waals surface area contributed by atoms with Crippen LogP contribution >= 0.6 is 15.9 Å². The first kappa shape index (κ1) is 20.2. The van der Waals surface area contributed by atoms with Crippen molar-refractivity contribution in [2.24, 2.45) is 0 Å². The van der Waals surface area contributed by atoms with Crippen molar-refractivity contribution in [3.05, 3.63) is 126 Å². The molecule has 0 amide bonds. The first-order valence-corrected chi connectivity index (χ1v) is 12.4. The molecule has 0 aliphatic rings. The molecular weight excluding hydrogens is 494 g/mol. The molecule has 0 aliphatic carbocycles. The van der Waals surface area contributed by atoms with E-state index in [2.05, 4.69) is 134 Å². The number of benzene rings is 5. The zero-order chi connectivity index (χ0) is 23.4. The molecule has 0 aliphatic heterocycles. The van der Waals surface area contributed by atoms with Gasteiger partial charge in [-0.15, -0.1) is 0 Å². The number of fused-ring (bicyclic) bond motifs is 4. The summed E-state index contributed by atoms with van der Waals surface area (Å²) >= 11 is 3.63. The zero-order valence-electron chi connectivity index (χ0n) is 18.8. The lowest BCUT2D eigenvalue weighted by Gasteiger charge is -2.11. The average Bonchev–Trinajstić information content (AvgIpc) is 3.45. The highest BCUT2D eigenvalue weighted by atomic mass is 79.9. The van der Waals surface area contributed by atoms with E-state index in [1.54, 1.807) is 0 Å². The van der Waals surface area contributed by atoms with Gasteiger partial charge in [0, 0.05) is 32.2 Å². The van der Waals surface area contributed by atoms with Crippen molar-refractivity contribution in [1.29, 1.82) is 0 Å². The maximum absolute atomic E-state index is 5.03. The Hall–Kier alpha value is -4.15. The molecule has 0 fully saturated rings. The minimum Gasteiger partial charge on any atom is -0.309 e. The molecule has 2 heterocycles. The molecular formula is C31H20BrN3. The van der Waals surface area contributed by atoms with Crippen LogP contribution in [0.15, 0.2) is 126 Å². The summed E-state index contributed by atoms with van der Waals surface area (Å²) in [5.41, 5.74) is 7.79. The standard InChI is InChI=1S/C31H20BrN3/c32-22-10-8-9-21(19-22)31-33-27-14-5-7-16-30(27)35(31)24-17-18-29-26(20-24)25-13-4-6-15-28(25)34(29)23-11-2-1-3-12-23/h1-20H. The Balaban J connectivity index is 1.54. The number of hydrogen-bond acceptors (Lipinski definition) is 1. The van der Waals surface area contributed by atoms with Gasteiger partial charge in [0.15, 0.2) is 0 Å². The summed E-state index contributed by atoms with van der Waals surface area (Å²) in [6, 6.07) is 42.6. The van der Waals surface area contributed by atoms with Crippen LogP contribution in [0.4, 0.5) is 0 Å². The normalized spacial score (nSPS) is 11.6. The summed E-state index contributed by atoms with van der Waals surface area (Å²) < 4.78 is 5.65. The first-order chi connectivity index (χ1) is 17.3. The molecule has 3 nitrogen and oxygen atoms in total. The van der Waals surface area contributed by atoms with Gasteiger partial charge >= 0.3 is 0 Å². The summed E-state index contributed by atoms with van der Waals surface area (Å²) in [5, 5.41) is 2.46. The third-order valence-electron chi connectivity index (χ3n) is 6.57. The van der Waals surface area contributed by atoms with Gasteiger partial charge in [-0.3, -0.25) is 4.57 Å². The molecule has 0 atom stereocenters. The van der Waals surface area contributed by atoms with Crippen molar-refractivity contribution >= 4 is 48.8 Å². The van der Waals surface area contributed by atoms with E-state index in [4.69, 9.17) is 4.98 Å². The average molecular weight is 514 g/mol.